The molecule has 0 bridgehead atoms. The summed E-state index contributed by atoms with van der Waals surface area (Å²) >= 11 is 0. The number of nitrogens with two attached hydrogens (primary N) is 1. The number of fused-ring (bicyclic) bond motifs is 1. The van der Waals surface area contributed by atoms with Gasteiger partial charge >= 0.3 is 0 Å². The van der Waals surface area contributed by atoms with Crippen LogP contribution in [0.4, 0.5) is 11.4 Å². The van der Waals surface area contributed by atoms with Gasteiger partial charge < -0.3 is 31.2 Å². The van der Waals surface area contributed by atoms with Crippen LogP contribution >= 0.6 is 0 Å². The van der Waals surface area contributed by atoms with Gasteiger partial charge in [-0.1, -0.05) is 36.4 Å². The first-order valence-corrected chi connectivity index (χ1v) is 11.5. The average Bonchev–Trinajstić information content (AvgIpc) is 2.99. The number of amidine groups is 1. The van der Waals surface area contributed by atoms with Gasteiger partial charge in [0.15, 0.2) is 0 Å². The van der Waals surface area contributed by atoms with Crippen LogP contribution in [0.3, 0.4) is 0 Å². The largest absolute Gasteiger partial charge is 0.550 e. The van der Waals surface area contributed by atoms with Crippen LogP contribution in [0.1, 0.15) is 33.5 Å². The van der Waals surface area contributed by atoms with E-state index in [4.69, 9.17) is 11.1 Å². The number of aliphatic carboxylic acids is 1. The fourth-order valence-corrected chi connectivity index (χ4v) is 4.08. The maximum Gasteiger partial charge on any atom is 0.255 e. The minimum Gasteiger partial charge on any atom is -0.550 e. The Labute approximate surface area is 208 Å². The first-order valence-electron chi connectivity index (χ1n) is 11.5. The molecule has 3 aromatic rings. The Morgan fingerprint density at radius 1 is 1.06 bits per heavy atom. The van der Waals surface area contributed by atoms with Crippen molar-refractivity contribution in [1.82, 2.24) is 4.90 Å². The van der Waals surface area contributed by atoms with Crippen molar-refractivity contribution in [1.29, 1.82) is 5.41 Å². The molecule has 0 saturated carbocycles. The Hall–Kier alpha value is -4.66. The minimum atomic E-state index is -1.34. The number of nitrogens with one attached hydrogen (secondary N) is 3. The van der Waals surface area contributed by atoms with E-state index in [1.54, 1.807) is 47.4 Å². The van der Waals surface area contributed by atoms with E-state index in [9.17, 15) is 19.5 Å². The van der Waals surface area contributed by atoms with Crippen LogP contribution in [0.15, 0.2) is 72.8 Å². The standard InChI is InChI=1S/C27H27N5O4/c28-25(29)18-8-10-21(11-9-18)30-26(35)19-6-7-20-16-32(13-12-17-4-2-1-3-5-17)27(36)23(15-24(33)34)31-22(20)14-19/h1-11,14,23,31H,12-13,15-16H2,(H3,28,29)(H,30,35)(H,33,34)/p-1. The highest BCUT2D eigenvalue weighted by Gasteiger charge is 2.29. The van der Waals surface area contributed by atoms with E-state index in [1.165, 1.54) is 0 Å². The van der Waals surface area contributed by atoms with Crippen molar-refractivity contribution in [2.24, 2.45) is 5.73 Å². The second kappa shape index (κ2) is 10.7. The van der Waals surface area contributed by atoms with E-state index in [2.05, 4.69) is 10.6 Å². The number of rotatable bonds is 8. The molecule has 0 saturated heterocycles. The second-order valence-corrected chi connectivity index (χ2v) is 8.59. The van der Waals surface area contributed by atoms with Crippen molar-refractivity contribution in [3.05, 3.63) is 95.1 Å². The molecule has 1 heterocycles. The predicted molar refractivity (Wildman–Crippen MR) is 134 cm³/mol. The molecule has 1 atom stereocenters. The van der Waals surface area contributed by atoms with Crippen molar-refractivity contribution < 1.29 is 19.5 Å². The maximum atomic E-state index is 13.2. The van der Waals surface area contributed by atoms with E-state index in [0.717, 1.165) is 11.1 Å². The predicted octanol–water partition coefficient (Wildman–Crippen LogP) is 1.73. The second-order valence-electron chi connectivity index (χ2n) is 8.59. The lowest BCUT2D eigenvalue weighted by Crippen LogP contribution is -2.44. The van der Waals surface area contributed by atoms with Crippen molar-refractivity contribution in [2.75, 3.05) is 17.2 Å². The molecule has 0 fully saturated rings. The van der Waals surface area contributed by atoms with Crippen LogP contribution in [0.5, 0.6) is 0 Å². The number of carbonyl (C=O) groups excluding carboxylic acids is 3. The monoisotopic (exact) mass is 484 g/mol. The first-order chi connectivity index (χ1) is 17.3. The number of hydrogen-bond donors (Lipinski definition) is 4. The van der Waals surface area contributed by atoms with Crippen molar-refractivity contribution >= 4 is 35.0 Å². The third-order valence-corrected chi connectivity index (χ3v) is 6.01. The molecule has 1 aliphatic heterocycles. The zero-order chi connectivity index (χ0) is 25.7. The summed E-state index contributed by atoms with van der Waals surface area (Å²) in [5.74, 6) is -2.11. The van der Waals surface area contributed by atoms with Gasteiger partial charge in [0, 0.05) is 48.0 Å². The summed E-state index contributed by atoms with van der Waals surface area (Å²) in [4.78, 5) is 39.0. The highest BCUT2D eigenvalue weighted by atomic mass is 16.4. The van der Waals surface area contributed by atoms with Gasteiger partial charge in [0.1, 0.15) is 11.9 Å². The Morgan fingerprint density at radius 2 is 1.75 bits per heavy atom. The van der Waals surface area contributed by atoms with Gasteiger partial charge in [-0.2, -0.15) is 0 Å². The summed E-state index contributed by atoms with van der Waals surface area (Å²) in [6, 6.07) is 20.3. The fraction of sp³-hybridized carbons (Fsp3) is 0.185. The van der Waals surface area contributed by atoms with E-state index in [-0.39, 0.29) is 24.2 Å². The Balaban J connectivity index is 1.54. The van der Waals surface area contributed by atoms with Gasteiger partial charge in [-0.05, 0) is 53.9 Å². The van der Waals surface area contributed by atoms with Gasteiger partial charge in [-0.25, -0.2) is 0 Å². The average molecular weight is 485 g/mol. The highest BCUT2D eigenvalue weighted by Crippen LogP contribution is 2.26. The summed E-state index contributed by atoms with van der Waals surface area (Å²) < 4.78 is 0. The molecule has 1 aliphatic rings. The number of anilines is 2. The first kappa shape index (κ1) is 24.5. The quantitative estimate of drug-likeness (QED) is 0.282. The summed E-state index contributed by atoms with van der Waals surface area (Å²) in [6.45, 7) is 0.706. The van der Waals surface area contributed by atoms with Gasteiger partial charge in [0.2, 0.25) is 5.91 Å². The number of carboxylic acids is 1. The molecular weight excluding hydrogens is 458 g/mol. The zero-order valence-electron chi connectivity index (χ0n) is 19.5. The maximum absolute atomic E-state index is 13.2. The van der Waals surface area contributed by atoms with Gasteiger partial charge in [0.05, 0.1) is 0 Å². The number of hydrogen-bond acceptors (Lipinski definition) is 6. The topological polar surface area (TPSA) is 151 Å². The molecule has 3 aromatic carbocycles. The summed E-state index contributed by atoms with van der Waals surface area (Å²) in [7, 11) is 0. The summed E-state index contributed by atoms with van der Waals surface area (Å²) in [6.07, 6.45) is 0.141. The van der Waals surface area contributed by atoms with Crippen LogP contribution in [0.25, 0.3) is 0 Å². The number of amides is 2. The Kier molecular flexibility index (Phi) is 7.29. The molecule has 184 valence electrons. The molecule has 4 rings (SSSR count). The van der Waals surface area contributed by atoms with Crippen molar-refractivity contribution in [2.45, 2.75) is 25.4 Å². The number of nitrogen functional groups attached to an aromatic ring is 1. The molecule has 9 heteroatoms. The van der Waals surface area contributed by atoms with Crippen LogP contribution in [-0.4, -0.2) is 41.1 Å². The van der Waals surface area contributed by atoms with Crippen molar-refractivity contribution in [3.63, 3.8) is 0 Å². The number of benzene rings is 3. The molecule has 1 unspecified atom stereocenters. The lowest BCUT2D eigenvalue weighted by Gasteiger charge is -2.25. The van der Waals surface area contributed by atoms with Crippen LogP contribution in [0.2, 0.25) is 0 Å². The lowest BCUT2D eigenvalue weighted by atomic mass is 10.1. The van der Waals surface area contributed by atoms with E-state index >= 15 is 0 Å². The summed E-state index contributed by atoms with van der Waals surface area (Å²) in [5.41, 5.74) is 9.26. The molecule has 36 heavy (non-hydrogen) atoms. The normalized spacial score (nSPS) is 14.8. The molecule has 5 N–H and O–H groups in total. The zero-order valence-corrected chi connectivity index (χ0v) is 19.5. The third kappa shape index (κ3) is 5.87. The fourth-order valence-electron chi connectivity index (χ4n) is 4.08. The molecule has 2 amide bonds. The minimum absolute atomic E-state index is 0.0665. The van der Waals surface area contributed by atoms with Gasteiger partial charge in [-0.15, -0.1) is 0 Å². The molecule has 0 aromatic heterocycles. The summed E-state index contributed by atoms with van der Waals surface area (Å²) in [5, 5.41) is 24.6. The number of carboxylic acid groups (broad SMARTS) is 1. The highest BCUT2D eigenvalue weighted by molar-refractivity contribution is 6.05. The lowest BCUT2D eigenvalue weighted by molar-refractivity contribution is -0.305. The molecule has 0 spiro atoms. The van der Waals surface area contributed by atoms with Crippen LogP contribution < -0.4 is 21.5 Å². The van der Waals surface area contributed by atoms with Crippen LogP contribution in [-0.2, 0) is 22.6 Å². The Bertz CT molecular complexity index is 1290. The Morgan fingerprint density at radius 3 is 2.42 bits per heavy atom. The van der Waals surface area contributed by atoms with Gasteiger partial charge in [-0.3, -0.25) is 15.0 Å². The molecule has 0 aliphatic carbocycles. The van der Waals surface area contributed by atoms with E-state index < -0.39 is 18.4 Å². The SMILES string of the molecule is N=C(N)c1ccc(NC(=O)c2ccc3c(c2)NC(CC(=O)[O-])C(=O)N(CCc2ccccc2)C3)cc1. The number of nitrogens with zero attached hydrogens (tertiary/aromatic N) is 1. The van der Waals surface area contributed by atoms with Crippen LogP contribution in [0, 0.1) is 5.41 Å². The van der Waals surface area contributed by atoms with E-state index in [1.807, 2.05) is 30.3 Å². The van der Waals surface area contributed by atoms with E-state index in [0.29, 0.717) is 35.5 Å². The number of carbonyl (C=O) groups is 3. The third-order valence-electron chi connectivity index (χ3n) is 6.01. The molecule has 0 radical (unpaired) electrons. The molecule has 9 nitrogen and oxygen atoms in total. The molecular formula is C27H26N5O4-. The smallest absolute Gasteiger partial charge is 0.255 e. The van der Waals surface area contributed by atoms with Gasteiger partial charge in [0.25, 0.3) is 5.91 Å². The van der Waals surface area contributed by atoms with Crippen molar-refractivity contribution in [3.8, 4) is 0 Å².